The number of hydrogen-bond donors (Lipinski definition) is 0. The molecule has 0 heterocycles. The molecule has 0 spiro atoms. The van der Waals surface area contributed by atoms with Gasteiger partial charge in [-0.15, -0.1) is 0 Å². The molecular weight excluding hydrogens is 372 g/mol. The van der Waals surface area contributed by atoms with Crippen LogP contribution in [0.4, 0.5) is 0 Å². The second-order valence-electron chi connectivity index (χ2n) is 16.5. The van der Waals surface area contributed by atoms with E-state index in [-0.39, 0.29) is 48.7 Å². The van der Waals surface area contributed by atoms with E-state index < -0.39 is 0 Å². The van der Waals surface area contributed by atoms with E-state index >= 15 is 0 Å². The molecule has 0 atom stereocenters. The Morgan fingerprint density at radius 2 is 0.484 bits per heavy atom. The van der Waals surface area contributed by atoms with Gasteiger partial charge in [-0.05, 0) is 54.7 Å². The summed E-state index contributed by atoms with van der Waals surface area (Å²) in [5.41, 5.74) is 1.35. The van der Waals surface area contributed by atoms with Gasteiger partial charge in [0.25, 0.3) is 0 Å². The zero-order valence-corrected chi connectivity index (χ0v) is 26.1. The van der Waals surface area contributed by atoms with Gasteiger partial charge in [-0.2, -0.15) is 0 Å². The summed E-state index contributed by atoms with van der Waals surface area (Å²) in [6, 6.07) is 0. The summed E-state index contributed by atoms with van der Waals surface area (Å²) in [7, 11) is 0. The van der Waals surface area contributed by atoms with Crippen molar-refractivity contribution in [1.82, 2.24) is 0 Å². The maximum atomic E-state index is 2.56. The van der Waals surface area contributed by atoms with Crippen molar-refractivity contribution >= 4 is 0 Å². The lowest BCUT2D eigenvalue weighted by atomic mass is 9.34. The zero-order chi connectivity index (χ0) is 26.1. The van der Waals surface area contributed by atoms with Gasteiger partial charge in [0.1, 0.15) is 0 Å². The van der Waals surface area contributed by atoms with Gasteiger partial charge in [0.15, 0.2) is 0 Å². The Labute approximate surface area is 200 Å². The molecule has 0 nitrogen and oxygen atoms in total. The normalized spacial score (nSPS) is 16.8. The van der Waals surface area contributed by atoms with Crippen LogP contribution in [0.1, 0.15) is 145 Å². The fraction of sp³-hybridized carbons (Fsp3) is 1.00. The van der Waals surface area contributed by atoms with Crippen LogP contribution in [0, 0.1) is 54.7 Å². The van der Waals surface area contributed by atoms with Crippen molar-refractivity contribution in [3.05, 3.63) is 0 Å². The van der Waals surface area contributed by atoms with Gasteiger partial charge in [0.2, 0.25) is 0 Å². The van der Waals surface area contributed by atoms with Crippen LogP contribution in [0.15, 0.2) is 0 Å². The van der Waals surface area contributed by atoms with Crippen LogP contribution in [0.3, 0.4) is 0 Å². The topological polar surface area (TPSA) is 0 Å². The Morgan fingerprint density at radius 1 is 0.290 bits per heavy atom. The molecule has 0 aliphatic carbocycles. The van der Waals surface area contributed by atoms with Gasteiger partial charge >= 0.3 is 0 Å². The Balaban J connectivity index is 6.91. The quantitative estimate of drug-likeness (QED) is 0.355. The molecule has 0 saturated carbocycles. The summed E-state index contributed by atoms with van der Waals surface area (Å²) < 4.78 is 0. The molecule has 0 N–H and O–H groups in total. The largest absolute Gasteiger partial charge is 0.0622 e. The van der Waals surface area contributed by atoms with Gasteiger partial charge in [0, 0.05) is 0 Å². The van der Waals surface area contributed by atoms with Crippen LogP contribution in [0.25, 0.3) is 0 Å². The lowest BCUT2D eigenvalue weighted by Crippen LogP contribution is -2.64. The van der Waals surface area contributed by atoms with Crippen LogP contribution in [-0.4, -0.2) is 0 Å². The molecule has 0 unspecified atom stereocenters. The Bertz CT molecular complexity index is 621. The van der Waals surface area contributed by atoms with Gasteiger partial charge in [-0.25, -0.2) is 0 Å². The SMILES string of the molecule is CC(C)C(C)(C)C(C)(C)C(C)(C)C(C)(C)C(C)(C)C(C)(C)C(C)(C)C(C)(C)C(C)(C)C. The van der Waals surface area contributed by atoms with Gasteiger partial charge < -0.3 is 0 Å². The second kappa shape index (κ2) is 7.77. The van der Waals surface area contributed by atoms with Crippen molar-refractivity contribution < 1.29 is 0 Å². The predicted molar refractivity (Wildman–Crippen MR) is 145 cm³/mol. The molecular formula is C31H64. The number of rotatable bonds is 8. The van der Waals surface area contributed by atoms with Gasteiger partial charge in [0.05, 0.1) is 0 Å². The predicted octanol–water partition coefficient (Wildman–Crippen LogP) is 10.9. The maximum Gasteiger partial charge on any atom is -0.0241 e. The summed E-state index contributed by atoms with van der Waals surface area (Å²) in [6.45, 7) is 52.6. The van der Waals surface area contributed by atoms with E-state index in [4.69, 9.17) is 0 Å². The smallest absolute Gasteiger partial charge is 0.0241 e. The molecule has 0 amide bonds. The molecule has 0 aromatic heterocycles. The molecule has 0 aliphatic rings. The summed E-state index contributed by atoms with van der Waals surface area (Å²) >= 11 is 0. The zero-order valence-electron chi connectivity index (χ0n) is 26.1. The highest BCUT2D eigenvalue weighted by molar-refractivity contribution is 5.14. The molecule has 0 heteroatoms. The van der Waals surface area contributed by atoms with Crippen molar-refractivity contribution in [3.8, 4) is 0 Å². The molecule has 188 valence electrons. The summed E-state index contributed by atoms with van der Waals surface area (Å²) in [4.78, 5) is 0. The average Bonchev–Trinajstić information content (AvgIpc) is 2.52. The highest BCUT2D eigenvalue weighted by atomic mass is 14.7. The average molecular weight is 437 g/mol. The summed E-state index contributed by atoms with van der Waals surface area (Å²) in [5.74, 6) is 0.630. The third-order valence-electron chi connectivity index (χ3n) is 14.3. The third-order valence-corrected chi connectivity index (χ3v) is 14.3. The molecule has 0 fully saturated rings. The van der Waals surface area contributed by atoms with E-state index in [1.165, 1.54) is 0 Å². The fourth-order valence-corrected chi connectivity index (χ4v) is 6.37. The van der Waals surface area contributed by atoms with E-state index in [0.717, 1.165) is 0 Å². The molecule has 0 aromatic carbocycles. The minimum absolute atomic E-state index is 0.0971. The highest BCUT2D eigenvalue weighted by Gasteiger charge is 2.66. The summed E-state index contributed by atoms with van der Waals surface area (Å²) in [5, 5.41) is 0. The van der Waals surface area contributed by atoms with Crippen LogP contribution in [-0.2, 0) is 0 Å². The van der Waals surface area contributed by atoms with Crippen molar-refractivity contribution in [2.75, 3.05) is 0 Å². The molecule has 0 bridgehead atoms. The van der Waals surface area contributed by atoms with Gasteiger partial charge in [-0.1, -0.05) is 145 Å². The van der Waals surface area contributed by atoms with E-state index in [0.29, 0.717) is 5.92 Å². The van der Waals surface area contributed by atoms with Crippen LogP contribution in [0.5, 0.6) is 0 Å². The van der Waals surface area contributed by atoms with E-state index in [2.05, 4.69) is 145 Å². The minimum atomic E-state index is 0.0971. The van der Waals surface area contributed by atoms with E-state index in [1.54, 1.807) is 0 Å². The third kappa shape index (κ3) is 3.87. The van der Waals surface area contributed by atoms with Crippen LogP contribution >= 0.6 is 0 Å². The van der Waals surface area contributed by atoms with Crippen molar-refractivity contribution in [1.29, 1.82) is 0 Å². The Hall–Kier alpha value is 0. The maximum absolute atomic E-state index is 2.56. The Morgan fingerprint density at radius 3 is 0.677 bits per heavy atom. The second-order valence-corrected chi connectivity index (χ2v) is 16.5. The molecule has 0 rings (SSSR count). The molecule has 31 heavy (non-hydrogen) atoms. The molecule has 0 saturated heterocycles. The summed E-state index contributed by atoms with van der Waals surface area (Å²) in [6.07, 6.45) is 0. The monoisotopic (exact) mass is 437 g/mol. The first kappa shape index (κ1) is 31.0. The first-order chi connectivity index (χ1) is 12.9. The van der Waals surface area contributed by atoms with E-state index in [1.807, 2.05) is 0 Å². The first-order valence-electron chi connectivity index (χ1n) is 12.9. The fourth-order valence-electron chi connectivity index (χ4n) is 6.37. The number of hydrogen-bond acceptors (Lipinski definition) is 0. The molecule has 0 radical (unpaired) electrons. The molecule has 0 aromatic rings. The standard InChI is InChI=1S/C31H64/c1-22(2)24(6,7)26(10,11)28(14,15)30(18,19)31(20,21)29(16,17)27(12,13)25(8,9)23(3,4)5/h22H,1-21H3. The van der Waals surface area contributed by atoms with E-state index in [9.17, 15) is 0 Å². The van der Waals surface area contributed by atoms with Crippen LogP contribution < -0.4 is 0 Å². The van der Waals surface area contributed by atoms with Crippen molar-refractivity contribution in [3.63, 3.8) is 0 Å². The Kier molecular flexibility index (Phi) is 7.77. The first-order valence-corrected chi connectivity index (χ1v) is 12.9. The van der Waals surface area contributed by atoms with Crippen molar-refractivity contribution in [2.45, 2.75) is 145 Å². The lowest BCUT2D eigenvalue weighted by molar-refractivity contribution is -0.225. The minimum Gasteiger partial charge on any atom is -0.0622 e. The van der Waals surface area contributed by atoms with Crippen LogP contribution in [0.2, 0.25) is 0 Å². The highest BCUT2D eigenvalue weighted by Crippen LogP contribution is 2.73. The van der Waals surface area contributed by atoms with Crippen molar-refractivity contribution in [2.24, 2.45) is 54.7 Å². The lowest BCUT2D eigenvalue weighted by Gasteiger charge is -2.71. The molecule has 0 aliphatic heterocycles. The van der Waals surface area contributed by atoms with Gasteiger partial charge in [-0.3, -0.25) is 0 Å².